The van der Waals surface area contributed by atoms with Crippen LogP contribution in [0.1, 0.15) is 15.9 Å². The van der Waals surface area contributed by atoms with Crippen LogP contribution in [-0.4, -0.2) is 36.0 Å². The molecule has 0 saturated carbocycles. The van der Waals surface area contributed by atoms with Crippen molar-refractivity contribution in [1.29, 1.82) is 0 Å². The Morgan fingerprint density at radius 3 is 2.60 bits per heavy atom. The van der Waals surface area contributed by atoms with Crippen LogP contribution in [0.5, 0.6) is 5.75 Å². The lowest BCUT2D eigenvalue weighted by Crippen LogP contribution is -2.30. The number of nitrogens with zero attached hydrogens (tertiary/aromatic N) is 2. The summed E-state index contributed by atoms with van der Waals surface area (Å²) in [5, 5.41) is 0. The van der Waals surface area contributed by atoms with E-state index in [0.717, 1.165) is 16.9 Å². The minimum Gasteiger partial charge on any atom is -0.491 e. The van der Waals surface area contributed by atoms with E-state index in [1.165, 1.54) is 6.39 Å². The molecule has 1 heterocycles. The third-order valence-electron chi connectivity index (χ3n) is 3.97. The van der Waals surface area contributed by atoms with E-state index in [9.17, 15) is 4.79 Å². The summed E-state index contributed by atoms with van der Waals surface area (Å²) in [5.74, 6) is 1.48. The average molecular weight is 336 g/mol. The van der Waals surface area contributed by atoms with Crippen LogP contribution in [0.25, 0.3) is 11.3 Å². The van der Waals surface area contributed by atoms with E-state index in [4.69, 9.17) is 9.15 Å². The topological polar surface area (TPSA) is 55.6 Å². The Kier molecular flexibility index (Phi) is 5.14. The monoisotopic (exact) mass is 336 g/mol. The normalized spacial score (nSPS) is 10.5. The van der Waals surface area contributed by atoms with Gasteiger partial charge in [-0.25, -0.2) is 4.98 Å². The molecule has 3 aromatic rings. The molecule has 0 radical (unpaired) electrons. The van der Waals surface area contributed by atoms with E-state index in [1.54, 1.807) is 30.3 Å². The smallest absolute Gasteiger partial charge is 0.253 e. The molecule has 25 heavy (non-hydrogen) atoms. The third-order valence-corrected chi connectivity index (χ3v) is 3.97. The highest BCUT2D eigenvalue weighted by atomic mass is 16.5. The van der Waals surface area contributed by atoms with Gasteiger partial charge in [-0.05, 0) is 30.7 Å². The van der Waals surface area contributed by atoms with Gasteiger partial charge in [-0.15, -0.1) is 0 Å². The Morgan fingerprint density at radius 1 is 1.16 bits per heavy atom. The number of para-hydroxylation sites is 1. The molecule has 128 valence electrons. The molecule has 5 nitrogen and oxygen atoms in total. The molecule has 0 aliphatic carbocycles. The minimum atomic E-state index is -0.0440. The molecular formula is C20H20N2O3. The Balaban J connectivity index is 1.56. The number of aryl methyl sites for hydroxylation is 1. The highest BCUT2D eigenvalue weighted by Crippen LogP contribution is 2.19. The first-order valence-electron chi connectivity index (χ1n) is 8.08. The van der Waals surface area contributed by atoms with Crippen molar-refractivity contribution in [3.63, 3.8) is 0 Å². The SMILES string of the molecule is Cc1ccccc1OCCN(C)C(=O)c1ccc(-c2cnco2)cc1. The Labute approximate surface area is 146 Å². The summed E-state index contributed by atoms with van der Waals surface area (Å²) >= 11 is 0. The molecule has 0 aliphatic heterocycles. The van der Waals surface area contributed by atoms with E-state index >= 15 is 0 Å². The van der Waals surface area contributed by atoms with Crippen molar-refractivity contribution in [2.75, 3.05) is 20.2 Å². The Hall–Kier alpha value is -3.08. The van der Waals surface area contributed by atoms with Crippen molar-refractivity contribution in [2.24, 2.45) is 0 Å². The van der Waals surface area contributed by atoms with Gasteiger partial charge in [0.05, 0.1) is 12.7 Å². The number of ether oxygens (including phenoxy) is 1. The van der Waals surface area contributed by atoms with Crippen LogP contribution in [0.2, 0.25) is 0 Å². The Morgan fingerprint density at radius 2 is 1.92 bits per heavy atom. The average Bonchev–Trinajstić information content (AvgIpc) is 3.17. The third kappa shape index (κ3) is 4.07. The Bertz CT molecular complexity index is 826. The molecule has 1 amide bonds. The van der Waals surface area contributed by atoms with Gasteiger partial charge in [0.15, 0.2) is 12.2 Å². The van der Waals surface area contributed by atoms with Gasteiger partial charge >= 0.3 is 0 Å². The van der Waals surface area contributed by atoms with Crippen LogP contribution in [0.15, 0.2) is 65.5 Å². The molecule has 1 aromatic heterocycles. The quantitative estimate of drug-likeness (QED) is 0.687. The number of benzene rings is 2. The van der Waals surface area contributed by atoms with E-state index in [0.29, 0.717) is 24.5 Å². The number of oxazole rings is 1. The number of carbonyl (C=O) groups excluding carboxylic acids is 1. The minimum absolute atomic E-state index is 0.0440. The van der Waals surface area contributed by atoms with Gasteiger partial charge in [0, 0.05) is 18.2 Å². The fourth-order valence-electron chi connectivity index (χ4n) is 2.47. The van der Waals surface area contributed by atoms with Crippen molar-refractivity contribution in [1.82, 2.24) is 9.88 Å². The zero-order valence-electron chi connectivity index (χ0n) is 14.3. The molecule has 2 aromatic carbocycles. The molecule has 0 saturated heterocycles. The molecule has 5 heteroatoms. The van der Waals surface area contributed by atoms with Crippen molar-refractivity contribution >= 4 is 5.91 Å². The fraction of sp³-hybridized carbons (Fsp3) is 0.200. The lowest BCUT2D eigenvalue weighted by molar-refractivity contribution is 0.0773. The van der Waals surface area contributed by atoms with Crippen molar-refractivity contribution in [3.05, 3.63) is 72.2 Å². The predicted molar refractivity (Wildman–Crippen MR) is 95.6 cm³/mol. The van der Waals surface area contributed by atoms with Gasteiger partial charge in [-0.3, -0.25) is 4.79 Å². The predicted octanol–water partition coefficient (Wildman–Crippen LogP) is 3.80. The highest BCUT2D eigenvalue weighted by molar-refractivity contribution is 5.94. The maximum Gasteiger partial charge on any atom is 0.253 e. The van der Waals surface area contributed by atoms with E-state index in [1.807, 2.05) is 43.3 Å². The summed E-state index contributed by atoms with van der Waals surface area (Å²) in [6.45, 7) is 2.96. The summed E-state index contributed by atoms with van der Waals surface area (Å²) in [5.41, 5.74) is 2.60. The molecule has 0 N–H and O–H groups in total. The van der Waals surface area contributed by atoms with Gasteiger partial charge < -0.3 is 14.1 Å². The second kappa shape index (κ2) is 7.66. The van der Waals surface area contributed by atoms with Crippen molar-refractivity contribution < 1.29 is 13.9 Å². The van der Waals surface area contributed by atoms with Crippen LogP contribution in [-0.2, 0) is 0 Å². The van der Waals surface area contributed by atoms with Crippen molar-refractivity contribution in [2.45, 2.75) is 6.92 Å². The lowest BCUT2D eigenvalue weighted by Gasteiger charge is -2.18. The van der Waals surface area contributed by atoms with Crippen molar-refractivity contribution in [3.8, 4) is 17.1 Å². The number of carbonyl (C=O) groups is 1. The summed E-state index contributed by atoms with van der Waals surface area (Å²) in [6, 6.07) is 15.1. The zero-order valence-corrected chi connectivity index (χ0v) is 14.3. The van der Waals surface area contributed by atoms with Crippen LogP contribution in [0.3, 0.4) is 0 Å². The molecule has 0 atom stereocenters. The number of rotatable bonds is 6. The molecule has 0 fully saturated rings. The second-order valence-electron chi connectivity index (χ2n) is 5.78. The number of hydrogen-bond donors (Lipinski definition) is 0. The van der Waals surface area contributed by atoms with Gasteiger partial charge in [0.1, 0.15) is 12.4 Å². The van der Waals surface area contributed by atoms with Gasteiger partial charge in [0.25, 0.3) is 5.91 Å². The van der Waals surface area contributed by atoms with Gasteiger partial charge in [-0.2, -0.15) is 0 Å². The summed E-state index contributed by atoms with van der Waals surface area (Å²) in [4.78, 5) is 18.0. The van der Waals surface area contributed by atoms with Gasteiger partial charge in [-0.1, -0.05) is 30.3 Å². The summed E-state index contributed by atoms with van der Waals surface area (Å²) < 4.78 is 11.0. The molecule has 0 aliphatic rings. The van der Waals surface area contributed by atoms with E-state index in [-0.39, 0.29) is 5.91 Å². The number of aromatic nitrogens is 1. The number of likely N-dealkylation sites (N-methyl/N-ethyl adjacent to an activating group) is 1. The van der Waals surface area contributed by atoms with Crippen LogP contribution in [0.4, 0.5) is 0 Å². The largest absolute Gasteiger partial charge is 0.491 e. The zero-order chi connectivity index (χ0) is 17.6. The molecule has 0 unspecified atom stereocenters. The van der Waals surface area contributed by atoms with E-state index in [2.05, 4.69) is 4.98 Å². The standard InChI is InChI=1S/C20H20N2O3/c1-15-5-3-4-6-18(15)24-12-11-22(2)20(23)17-9-7-16(8-10-17)19-13-21-14-25-19/h3-10,13-14H,11-12H2,1-2H3. The first-order chi connectivity index (χ1) is 12.1. The highest BCUT2D eigenvalue weighted by Gasteiger charge is 2.12. The number of amides is 1. The number of hydrogen-bond acceptors (Lipinski definition) is 4. The summed E-state index contributed by atoms with van der Waals surface area (Å²) in [7, 11) is 1.77. The molecule has 3 rings (SSSR count). The van der Waals surface area contributed by atoms with Crippen LogP contribution >= 0.6 is 0 Å². The maximum atomic E-state index is 12.5. The molecular weight excluding hydrogens is 316 g/mol. The van der Waals surface area contributed by atoms with E-state index < -0.39 is 0 Å². The molecule has 0 spiro atoms. The lowest BCUT2D eigenvalue weighted by atomic mass is 10.1. The molecule has 0 bridgehead atoms. The fourth-order valence-corrected chi connectivity index (χ4v) is 2.47. The maximum absolute atomic E-state index is 12.5. The summed E-state index contributed by atoms with van der Waals surface area (Å²) in [6.07, 6.45) is 3.03. The second-order valence-corrected chi connectivity index (χ2v) is 5.78. The van der Waals surface area contributed by atoms with Crippen LogP contribution in [0, 0.1) is 6.92 Å². The first-order valence-corrected chi connectivity index (χ1v) is 8.08. The van der Waals surface area contributed by atoms with Crippen LogP contribution < -0.4 is 4.74 Å². The van der Waals surface area contributed by atoms with Gasteiger partial charge in [0.2, 0.25) is 0 Å². The first kappa shape index (κ1) is 16.8.